The molecule has 0 unspecified atom stereocenters. The van der Waals surface area contributed by atoms with E-state index in [0.717, 1.165) is 0 Å². The molecule has 0 aliphatic carbocycles. The zero-order chi connectivity index (χ0) is 24.6. The largest absolute Gasteiger partial charge is 1.00 e. The Balaban J connectivity index is 0.000000375. The minimum absolute atomic E-state index is 0. The van der Waals surface area contributed by atoms with Gasteiger partial charge in [-0.3, -0.25) is 29.1 Å². The molecule has 1 aromatic rings. The Morgan fingerprint density at radius 2 is 1.12 bits per heavy atom. The summed E-state index contributed by atoms with van der Waals surface area (Å²) in [7, 11) is -3.68. The van der Waals surface area contributed by atoms with E-state index in [1.54, 1.807) is 26.8 Å². The van der Waals surface area contributed by atoms with E-state index in [0.29, 0.717) is 39.3 Å². The minimum atomic E-state index is -3.68. The maximum Gasteiger partial charge on any atom is 1.00 e. The second-order valence-corrected chi connectivity index (χ2v) is 8.95. The Hall–Kier alpha value is -2.07. The van der Waals surface area contributed by atoms with Crippen LogP contribution in [0.3, 0.4) is 0 Å². The molecule has 0 spiro atoms. The van der Waals surface area contributed by atoms with Crippen molar-refractivity contribution in [1.82, 2.24) is 14.7 Å². The fourth-order valence-corrected chi connectivity index (χ4v) is 4.41. The number of carbonyl (C=O) groups excluding carboxylic acids is 1. The third kappa shape index (κ3) is 9.66. The number of hydrogen-bond acceptors (Lipinski definition) is 9. The Morgan fingerprint density at radius 1 is 0.765 bits per heavy atom. The van der Waals surface area contributed by atoms with Crippen molar-refractivity contribution in [1.29, 1.82) is 0 Å². The molecule has 182 valence electrons. The number of carboxylic acids is 3. The topological polar surface area (TPSA) is 187 Å². The van der Waals surface area contributed by atoms with Crippen LogP contribution in [0.1, 0.15) is 10.4 Å². The van der Waals surface area contributed by atoms with Gasteiger partial charge >= 0.3 is 47.5 Å². The van der Waals surface area contributed by atoms with Gasteiger partial charge in [0.1, 0.15) is 10.0 Å². The van der Waals surface area contributed by atoms with Gasteiger partial charge in [0.25, 0.3) is 0 Å². The molecular weight excluding hydrogens is 483 g/mol. The number of benzene rings is 1. The van der Waals surface area contributed by atoms with E-state index in [9.17, 15) is 27.6 Å². The van der Waals surface area contributed by atoms with E-state index < -0.39 is 33.8 Å². The van der Waals surface area contributed by atoms with Crippen molar-refractivity contribution < 1.29 is 72.5 Å². The number of sulfonamides is 1. The van der Waals surface area contributed by atoms with Crippen LogP contribution >= 0.6 is 0 Å². The van der Waals surface area contributed by atoms with Crippen LogP contribution in [-0.4, -0.2) is 121 Å². The standard InChI is InChI=1S/C12H21N3O6.C7H5NO3S.Na/c16-10(17)7-13-1-2-14(8-11(18)19)5-6-15(4-3-13)9-12(20)21;9-7-5-3-1-2-4-6(5)12(10,11)8-7;/h1-9H2,(H,16,17)(H,18,19)(H,20,21);1-4H,(H,8,9);/q;;+1/p-1. The molecule has 2 aliphatic heterocycles. The normalized spacial score (nSPS) is 18.5. The number of fused-ring (bicyclic) bond motifs is 1. The van der Waals surface area contributed by atoms with E-state index >= 15 is 0 Å². The zero-order valence-corrected chi connectivity index (χ0v) is 21.5. The smallest absolute Gasteiger partial charge is 0.537 e. The van der Waals surface area contributed by atoms with Crippen LogP contribution in [0.25, 0.3) is 4.72 Å². The second kappa shape index (κ2) is 13.7. The summed E-state index contributed by atoms with van der Waals surface area (Å²) < 4.78 is 25.2. The summed E-state index contributed by atoms with van der Waals surface area (Å²) in [6.45, 7) is 2.26. The Kier molecular flexibility index (Phi) is 12.1. The van der Waals surface area contributed by atoms with Crippen LogP contribution in [-0.2, 0) is 24.4 Å². The minimum Gasteiger partial charge on any atom is -0.537 e. The second-order valence-electron chi connectivity index (χ2n) is 7.38. The van der Waals surface area contributed by atoms with Crippen molar-refractivity contribution >= 4 is 33.8 Å². The molecule has 15 heteroatoms. The van der Waals surface area contributed by atoms with E-state index in [2.05, 4.69) is 4.72 Å². The first-order valence-corrected chi connectivity index (χ1v) is 11.4. The van der Waals surface area contributed by atoms with Crippen LogP contribution in [0, 0.1) is 0 Å². The molecule has 0 saturated carbocycles. The SMILES string of the molecule is O=C(O)CN1CCN(CC(=O)O)CCN(CC(=O)O)CC1.O=C1[N-]S(=O)(=O)c2ccccc21.[Na+]. The van der Waals surface area contributed by atoms with Gasteiger partial charge in [-0.2, -0.15) is 0 Å². The van der Waals surface area contributed by atoms with E-state index in [4.69, 9.17) is 15.3 Å². The molecule has 0 radical (unpaired) electrons. The van der Waals surface area contributed by atoms with Crippen molar-refractivity contribution in [2.45, 2.75) is 4.90 Å². The zero-order valence-electron chi connectivity index (χ0n) is 18.7. The number of carboxylic acid groups (broad SMARTS) is 3. The van der Waals surface area contributed by atoms with Crippen molar-refractivity contribution in [3.63, 3.8) is 0 Å². The fourth-order valence-electron chi connectivity index (χ4n) is 3.31. The van der Waals surface area contributed by atoms with Crippen molar-refractivity contribution in [3.8, 4) is 0 Å². The third-order valence-electron chi connectivity index (χ3n) is 4.87. The molecule has 13 nitrogen and oxygen atoms in total. The molecule has 1 amide bonds. The quantitative estimate of drug-likeness (QED) is 0.317. The van der Waals surface area contributed by atoms with E-state index in [1.165, 1.54) is 12.1 Å². The summed E-state index contributed by atoms with van der Waals surface area (Å²) in [6.07, 6.45) is 0. The number of rotatable bonds is 6. The van der Waals surface area contributed by atoms with Gasteiger partial charge in [0, 0.05) is 44.8 Å². The molecule has 0 bridgehead atoms. The molecule has 0 atom stereocenters. The number of nitrogens with zero attached hydrogens (tertiary/aromatic N) is 4. The van der Waals surface area contributed by atoms with Gasteiger partial charge in [0.2, 0.25) is 0 Å². The molecule has 1 saturated heterocycles. The first kappa shape index (κ1) is 30.0. The number of hydrogen-bond donors (Lipinski definition) is 3. The molecule has 2 aliphatic rings. The van der Waals surface area contributed by atoms with Crippen molar-refractivity contribution in [2.75, 3.05) is 58.9 Å². The molecule has 2 heterocycles. The average molecular weight is 508 g/mol. The van der Waals surface area contributed by atoms with Crippen molar-refractivity contribution in [3.05, 3.63) is 34.6 Å². The van der Waals surface area contributed by atoms with Gasteiger partial charge in [-0.1, -0.05) is 18.2 Å². The third-order valence-corrected chi connectivity index (χ3v) is 6.19. The summed E-state index contributed by atoms with van der Waals surface area (Å²) in [4.78, 5) is 48.5. The summed E-state index contributed by atoms with van der Waals surface area (Å²) >= 11 is 0. The first-order valence-electron chi connectivity index (χ1n) is 9.92. The summed E-state index contributed by atoms with van der Waals surface area (Å²) in [5.41, 5.74) is 0.164. The van der Waals surface area contributed by atoms with Crippen LogP contribution in [0.4, 0.5) is 0 Å². The molecular formula is C19H25N4NaO9S. The van der Waals surface area contributed by atoms with Crippen LogP contribution < -0.4 is 29.6 Å². The van der Waals surface area contributed by atoms with Gasteiger partial charge in [0.15, 0.2) is 0 Å². The molecule has 1 fully saturated rings. The van der Waals surface area contributed by atoms with Crippen molar-refractivity contribution in [2.24, 2.45) is 0 Å². The number of carbonyl (C=O) groups is 4. The van der Waals surface area contributed by atoms with E-state index in [1.807, 2.05) is 0 Å². The van der Waals surface area contributed by atoms with Crippen LogP contribution in [0.5, 0.6) is 0 Å². The maximum absolute atomic E-state index is 11.1. The Labute approximate surface area is 218 Å². The predicted octanol–water partition coefficient (Wildman–Crippen LogP) is -3.93. The van der Waals surface area contributed by atoms with Gasteiger partial charge in [-0.15, -0.1) is 0 Å². The number of aliphatic carboxylic acids is 3. The molecule has 34 heavy (non-hydrogen) atoms. The maximum atomic E-state index is 11.1. The average Bonchev–Trinajstić information content (AvgIpc) is 2.99. The summed E-state index contributed by atoms with van der Waals surface area (Å²) in [5.74, 6) is -3.54. The van der Waals surface area contributed by atoms with Crippen LogP contribution in [0.15, 0.2) is 29.2 Å². The fraction of sp³-hybridized carbons (Fsp3) is 0.474. The Bertz CT molecular complexity index is 936. The Morgan fingerprint density at radius 3 is 1.44 bits per heavy atom. The van der Waals surface area contributed by atoms with Gasteiger partial charge in [-0.25, -0.2) is 8.42 Å². The van der Waals surface area contributed by atoms with E-state index in [-0.39, 0.29) is 59.7 Å². The summed E-state index contributed by atoms with van der Waals surface area (Å²) in [5, 5.41) is 26.6. The van der Waals surface area contributed by atoms with Gasteiger partial charge in [-0.05, 0) is 6.07 Å². The predicted molar refractivity (Wildman–Crippen MR) is 114 cm³/mol. The monoisotopic (exact) mass is 508 g/mol. The van der Waals surface area contributed by atoms with Gasteiger partial charge in [0.05, 0.1) is 30.4 Å². The summed E-state index contributed by atoms with van der Waals surface area (Å²) in [6, 6.07) is 5.99. The molecule has 0 aromatic heterocycles. The molecule has 1 aromatic carbocycles. The number of amides is 1. The van der Waals surface area contributed by atoms with Gasteiger partial charge < -0.3 is 24.8 Å². The first-order chi connectivity index (χ1) is 15.5. The molecule has 3 N–H and O–H groups in total. The molecule has 3 rings (SSSR count). The van der Waals surface area contributed by atoms with Crippen LogP contribution in [0.2, 0.25) is 0 Å².